The van der Waals surface area contributed by atoms with Gasteiger partial charge in [-0.2, -0.15) is 21.6 Å². The van der Waals surface area contributed by atoms with Crippen molar-refractivity contribution in [2.45, 2.75) is 30.7 Å². The standard InChI is InChI=1S/C8H17NO.C4H5F4NO4S2/c1-10-8-7-9-5-3-2-4-6-9;1-2-3(4(5,6)7)14(10,11)9-15(8,12)13/h2-8H2,1H3;2-3,9H,1H2. The maximum Gasteiger partial charge on any atom is 0.410 e. The first-order valence-electron chi connectivity index (χ1n) is 7.21. The third-order valence-electron chi connectivity index (χ3n) is 3.15. The largest absolute Gasteiger partial charge is 0.410 e. The molecular formula is C12H22F4N2O5S2. The predicted octanol–water partition coefficient (Wildman–Crippen LogP) is 1.36. The van der Waals surface area contributed by atoms with Gasteiger partial charge in [-0.15, -0.1) is 6.58 Å². The molecule has 25 heavy (non-hydrogen) atoms. The van der Waals surface area contributed by atoms with Crippen molar-refractivity contribution in [2.24, 2.45) is 0 Å². The Morgan fingerprint density at radius 3 is 2.08 bits per heavy atom. The minimum Gasteiger partial charge on any atom is -0.383 e. The highest BCUT2D eigenvalue weighted by atomic mass is 32.3. The molecule has 1 aliphatic rings. The van der Waals surface area contributed by atoms with Gasteiger partial charge < -0.3 is 9.64 Å². The molecule has 0 aliphatic carbocycles. The van der Waals surface area contributed by atoms with E-state index in [4.69, 9.17) is 4.74 Å². The fraction of sp³-hybridized carbons (Fsp3) is 0.833. The van der Waals surface area contributed by atoms with Gasteiger partial charge in [0.05, 0.1) is 6.61 Å². The molecule has 1 fully saturated rings. The highest BCUT2D eigenvalue weighted by Gasteiger charge is 2.48. The van der Waals surface area contributed by atoms with E-state index in [1.165, 1.54) is 32.4 Å². The number of methoxy groups -OCH3 is 1. The zero-order chi connectivity index (χ0) is 19.7. The van der Waals surface area contributed by atoms with Gasteiger partial charge >= 0.3 is 16.6 Å². The molecule has 13 heteroatoms. The summed E-state index contributed by atoms with van der Waals surface area (Å²) in [5, 5.41) is -3.20. The first kappa shape index (κ1) is 24.2. The van der Waals surface area contributed by atoms with E-state index in [9.17, 15) is 33.9 Å². The quantitative estimate of drug-likeness (QED) is 0.384. The SMILES string of the molecule is C=CC(C(F)(F)F)S(=O)(=O)NS(=O)(=O)F.COCCN1CCCCC1. The van der Waals surface area contributed by atoms with Crippen LogP contribution in [0, 0.1) is 0 Å². The Kier molecular flexibility index (Phi) is 10.1. The number of nitrogens with zero attached hydrogens (tertiary/aromatic N) is 1. The Morgan fingerprint density at radius 1 is 1.20 bits per heavy atom. The smallest absolute Gasteiger partial charge is 0.383 e. The minimum absolute atomic E-state index is 0.0620. The lowest BCUT2D eigenvalue weighted by Gasteiger charge is -2.25. The maximum absolute atomic E-state index is 12.0. The van der Waals surface area contributed by atoms with E-state index in [1.807, 2.05) is 0 Å². The van der Waals surface area contributed by atoms with Gasteiger partial charge in [-0.25, -0.2) is 8.42 Å². The van der Waals surface area contributed by atoms with Gasteiger partial charge in [0.25, 0.3) is 0 Å². The number of likely N-dealkylation sites (tertiary alicyclic amines) is 1. The number of sulfonamides is 1. The van der Waals surface area contributed by atoms with Crippen molar-refractivity contribution in [2.75, 3.05) is 33.4 Å². The molecule has 1 atom stereocenters. The van der Waals surface area contributed by atoms with Crippen LogP contribution in [0.25, 0.3) is 0 Å². The normalized spacial score (nSPS) is 18.1. The molecule has 150 valence electrons. The summed E-state index contributed by atoms with van der Waals surface area (Å²) in [7, 11) is -9.46. The molecule has 1 saturated heterocycles. The van der Waals surface area contributed by atoms with Gasteiger partial charge in [0.1, 0.15) is 0 Å². The molecule has 0 bridgehead atoms. The van der Waals surface area contributed by atoms with E-state index in [1.54, 1.807) is 7.11 Å². The summed E-state index contributed by atoms with van der Waals surface area (Å²) in [6.45, 7) is 7.14. The van der Waals surface area contributed by atoms with Gasteiger partial charge in [-0.3, -0.25) is 0 Å². The Hall–Kier alpha value is -0.760. The van der Waals surface area contributed by atoms with E-state index in [0.717, 1.165) is 13.2 Å². The minimum atomic E-state index is -5.78. The number of piperidine rings is 1. The topological polar surface area (TPSA) is 92.8 Å². The summed E-state index contributed by atoms with van der Waals surface area (Å²) < 4.78 is 94.1. The molecule has 0 aromatic heterocycles. The van der Waals surface area contributed by atoms with Crippen LogP contribution < -0.4 is 4.13 Å². The van der Waals surface area contributed by atoms with Crippen molar-refractivity contribution >= 4 is 20.4 Å². The van der Waals surface area contributed by atoms with E-state index >= 15 is 0 Å². The number of rotatable bonds is 7. The van der Waals surface area contributed by atoms with Crippen molar-refractivity contribution in [1.29, 1.82) is 0 Å². The van der Waals surface area contributed by atoms with Gasteiger partial charge in [0.2, 0.25) is 10.0 Å². The summed E-state index contributed by atoms with van der Waals surface area (Å²) >= 11 is 0. The predicted molar refractivity (Wildman–Crippen MR) is 84.3 cm³/mol. The van der Waals surface area contributed by atoms with Crippen LogP contribution in [0.4, 0.5) is 17.1 Å². The second-order valence-corrected chi connectivity index (χ2v) is 8.30. The van der Waals surface area contributed by atoms with Crippen LogP contribution in [0.15, 0.2) is 12.7 Å². The number of hydrogen-bond acceptors (Lipinski definition) is 6. The Morgan fingerprint density at radius 2 is 1.72 bits per heavy atom. The Balaban J connectivity index is 0.000000496. The number of ether oxygens (including phenoxy) is 1. The summed E-state index contributed by atoms with van der Waals surface area (Å²) in [6.07, 6.45) is -1.16. The third kappa shape index (κ3) is 10.7. The molecule has 1 unspecified atom stereocenters. The average Bonchev–Trinajstić information content (AvgIpc) is 2.43. The monoisotopic (exact) mass is 414 g/mol. The summed E-state index contributed by atoms with van der Waals surface area (Å²) in [5.41, 5.74) is 0. The molecule has 0 aromatic rings. The summed E-state index contributed by atoms with van der Waals surface area (Å²) in [5.74, 6) is 0. The molecule has 1 N–H and O–H groups in total. The summed E-state index contributed by atoms with van der Waals surface area (Å²) in [4.78, 5) is 2.48. The van der Waals surface area contributed by atoms with Crippen LogP contribution in [-0.4, -0.2) is 66.5 Å². The van der Waals surface area contributed by atoms with Crippen molar-refractivity contribution in [3.8, 4) is 0 Å². The maximum atomic E-state index is 12.0. The molecule has 1 heterocycles. The highest BCUT2D eigenvalue weighted by Crippen LogP contribution is 2.26. The van der Waals surface area contributed by atoms with E-state index < -0.39 is 31.9 Å². The first-order valence-corrected chi connectivity index (χ1v) is 10.1. The zero-order valence-electron chi connectivity index (χ0n) is 13.6. The van der Waals surface area contributed by atoms with Crippen LogP contribution in [-0.2, 0) is 25.2 Å². The lowest BCUT2D eigenvalue weighted by atomic mass is 10.1. The molecular weight excluding hydrogens is 392 g/mol. The second-order valence-electron chi connectivity index (χ2n) is 5.16. The van der Waals surface area contributed by atoms with E-state index in [0.29, 0.717) is 0 Å². The molecule has 1 rings (SSSR count). The fourth-order valence-corrected chi connectivity index (χ4v) is 4.16. The van der Waals surface area contributed by atoms with Crippen molar-refractivity contribution in [3.63, 3.8) is 0 Å². The Bertz CT molecular complexity index is 601. The van der Waals surface area contributed by atoms with Crippen molar-refractivity contribution in [1.82, 2.24) is 9.03 Å². The van der Waals surface area contributed by atoms with Crippen LogP contribution in [0.2, 0.25) is 0 Å². The molecule has 1 aliphatic heterocycles. The highest BCUT2D eigenvalue weighted by molar-refractivity contribution is 8.03. The average molecular weight is 414 g/mol. The molecule has 0 spiro atoms. The van der Waals surface area contributed by atoms with Crippen molar-refractivity contribution < 1.29 is 38.6 Å². The van der Waals surface area contributed by atoms with Gasteiger partial charge in [-0.05, 0) is 25.9 Å². The van der Waals surface area contributed by atoms with E-state index in [2.05, 4.69) is 11.5 Å². The molecule has 0 amide bonds. The number of hydrogen-bond donors (Lipinski definition) is 1. The Labute approximate surface area is 145 Å². The van der Waals surface area contributed by atoms with Crippen LogP contribution >= 0.6 is 0 Å². The summed E-state index contributed by atoms with van der Waals surface area (Å²) in [6, 6.07) is 0. The fourth-order valence-electron chi connectivity index (χ4n) is 2.03. The third-order valence-corrected chi connectivity index (χ3v) is 6.00. The van der Waals surface area contributed by atoms with Gasteiger partial charge in [-0.1, -0.05) is 20.5 Å². The van der Waals surface area contributed by atoms with Crippen molar-refractivity contribution in [3.05, 3.63) is 12.7 Å². The molecule has 0 radical (unpaired) electrons. The van der Waals surface area contributed by atoms with Crippen LogP contribution in [0.1, 0.15) is 19.3 Å². The van der Waals surface area contributed by atoms with Gasteiger partial charge in [0, 0.05) is 13.7 Å². The van der Waals surface area contributed by atoms with E-state index in [-0.39, 0.29) is 10.2 Å². The lowest BCUT2D eigenvalue weighted by Crippen LogP contribution is -2.43. The lowest BCUT2D eigenvalue weighted by molar-refractivity contribution is -0.121. The van der Waals surface area contributed by atoms with Gasteiger partial charge in [0.15, 0.2) is 5.25 Å². The molecule has 0 aromatic carbocycles. The number of halogens is 4. The second kappa shape index (κ2) is 10.4. The molecule has 7 nitrogen and oxygen atoms in total. The zero-order valence-corrected chi connectivity index (χ0v) is 15.3. The van der Waals surface area contributed by atoms with Crippen LogP contribution in [0.3, 0.4) is 0 Å². The number of nitrogens with one attached hydrogen (secondary N) is 1. The number of alkyl halides is 3. The van der Waals surface area contributed by atoms with Crippen LogP contribution in [0.5, 0.6) is 0 Å². The molecule has 0 saturated carbocycles. The first-order chi connectivity index (χ1) is 11.3.